The van der Waals surface area contributed by atoms with Crippen LogP contribution in [0.15, 0.2) is 24.4 Å². The third-order valence-corrected chi connectivity index (χ3v) is 3.21. The van der Waals surface area contributed by atoms with Crippen molar-refractivity contribution in [3.63, 3.8) is 0 Å². The lowest BCUT2D eigenvalue weighted by molar-refractivity contribution is -0.137. The van der Waals surface area contributed by atoms with Gasteiger partial charge < -0.3 is 19.1 Å². The van der Waals surface area contributed by atoms with Gasteiger partial charge in [0.25, 0.3) is 0 Å². The van der Waals surface area contributed by atoms with Crippen LogP contribution in [0.1, 0.15) is 12.2 Å². The van der Waals surface area contributed by atoms with Gasteiger partial charge in [-0.1, -0.05) is 0 Å². The van der Waals surface area contributed by atoms with Gasteiger partial charge in [0.15, 0.2) is 11.5 Å². The molecule has 6 nitrogen and oxygen atoms in total. The van der Waals surface area contributed by atoms with Crippen molar-refractivity contribution in [2.75, 3.05) is 6.79 Å². The van der Waals surface area contributed by atoms with Gasteiger partial charge >= 0.3 is 5.97 Å². The third-order valence-electron chi connectivity index (χ3n) is 3.21. The summed E-state index contributed by atoms with van der Waals surface area (Å²) in [6.07, 6.45) is 1.94. The maximum Gasteiger partial charge on any atom is 0.305 e. The minimum Gasteiger partial charge on any atom is -0.481 e. The maximum absolute atomic E-state index is 10.6. The van der Waals surface area contributed by atoms with Crippen molar-refractivity contribution in [3.05, 3.63) is 30.2 Å². The van der Waals surface area contributed by atoms with Gasteiger partial charge in [-0.3, -0.25) is 4.79 Å². The molecule has 104 valence electrons. The number of nitrogens with zero attached hydrogens (tertiary/aromatic N) is 2. The van der Waals surface area contributed by atoms with E-state index in [1.54, 1.807) is 0 Å². The third kappa shape index (κ3) is 2.32. The van der Waals surface area contributed by atoms with Crippen molar-refractivity contribution in [1.82, 2.24) is 9.55 Å². The topological polar surface area (TPSA) is 73.6 Å². The Bertz CT molecular complexity index is 663. The first-order valence-electron chi connectivity index (χ1n) is 6.29. The van der Waals surface area contributed by atoms with Gasteiger partial charge in [-0.2, -0.15) is 0 Å². The Kier molecular flexibility index (Phi) is 3.06. The summed E-state index contributed by atoms with van der Waals surface area (Å²) in [7, 11) is 0. The van der Waals surface area contributed by atoms with Crippen LogP contribution in [-0.4, -0.2) is 27.4 Å². The van der Waals surface area contributed by atoms with Crippen molar-refractivity contribution in [3.8, 4) is 22.8 Å². The van der Waals surface area contributed by atoms with Crippen LogP contribution in [0.25, 0.3) is 11.3 Å². The molecule has 0 saturated carbocycles. The first-order chi connectivity index (χ1) is 9.63. The second-order valence-corrected chi connectivity index (χ2v) is 4.58. The number of aromatic nitrogens is 2. The predicted molar refractivity (Wildman–Crippen MR) is 70.8 cm³/mol. The fourth-order valence-corrected chi connectivity index (χ4v) is 2.15. The summed E-state index contributed by atoms with van der Waals surface area (Å²) < 4.78 is 12.5. The van der Waals surface area contributed by atoms with Gasteiger partial charge in [0.1, 0.15) is 5.82 Å². The van der Waals surface area contributed by atoms with Crippen molar-refractivity contribution >= 4 is 5.97 Å². The fraction of sp³-hybridized carbons (Fsp3) is 0.286. The summed E-state index contributed by atoms with van der Waals surface area (Å²) in [4.78, 5) is 15.1. The van der Waals surface area contributed by atoms with E-state index in [9.17, 15) is 4.79 Å². The summed E-state index contributed by atoms with van der Waals surface area (Å²) in [5.74, 6) is 1.41. The first kappa shape index (κ1) is 12.5. The predicted octanol–water partition coefficient (Wildman–Crippen LogP) is 2.06. The summed E-state index contributed by atoms with van der Waals surface area (Å²) in [5.41, 5.74) is 1.72. The smallest absolute Gasteiger partial charge is 0.305 e. The Hall–Kier alpha value is -2.50. The second-order valence-electron chi connectivity index (χ2n) is 4.58. The van der Waals surface area contributed by atoms with E-state index < -0.39 is 5.97 Å². The standard InChI is InChI=1S/C14H14N2O4/c1-9-15-11(7-16(9)5-4-14(17)18)10-2-3-12-13(6-10)20-8-19-12/h2-3,6-7H,4-5,8H2,1H3,(H,17,18). The Balaban J connectivity index is 1.87. The van der Waals surface area contributed by atoms with Crippen molar-refractivity contribution < 1.29 is 19.4 Å². The van der Waals surface area contributed by atoms with E-state index in [0.717, 1.165) is 22.8 Å². The van der Waals surface area contributed by atoms with Gasteiger partial charge in [-0.15, -0.1) is 0 Å². The molecule has 0 atom stereocenters. The van der Waals surface area contributed by atoms with E-state index in [4.69, 9.17) is 14.6 Å². The van der Waals surface area contributed by atoms with Crippen molar-refractivity contribution in [1.29, 1.82) is 0 Å². The lowest BCUT2D eigenvalue weighted by Crippen LogP contribution is -2.04. The minimum atomic E-state index is -0.817. The average molecular weight is 274 g/mol. The molecule has 20 heavy (non-hydrogen) atoms. The molecule has 3 rings (SSSR count). The van der Waals surface area contributed by atoms with Crippen molar-refractivity contribution in [2.45, 2.75) is 19.9 Å². The number of fused-ring (bicyclic) bond motifs is 1. The van der Waals surface area contributed by atoms with Crippen LogP contribution >= 0.6 is 0 Å². The zero-order valence-corrected chi connectivity index (χ0v) is 11.0. The molecule has 2 heterocycles. The molecular weight excluding hydrogens is 260 g/mol. The molecule has 0 radical (unpaired) electrons. The lowest BCUT2D eigenvalue weighted by Gasteiger charge is -2.01. The molecule has 1 aliphatic rings. The maximum atomic E-state index is 10.6. The molecule has 0 fully saturated rings. The van der Waals surface area contributed by atoms with Crippen molar-refractivity contribution in [2.24, 2.45) is 0 Å². The van der Waals surface area contributed by atoms with E-state index >= 15 is 0 Å². The molecule has 0 aliphatic carbocycles. The van der Waals surface area contributed by atoms with Crippen LogP contribution in [-0.2, 0) is 11.3 Å². The lowest BCUT2D eigenvalue weighted by atomic mass is 10.1. The molecule has 0 amide bonds. The van der Waals surface area contributed by atoms with E-state index in [1.807, 2.05) is 35.9 Å². The number of aryl methyl sites for hydroxylation is 2. The van der Waals surface area contributed by atoms with Crippen LogP contribution in [0.3, 0.4) is 0 Å². The molecule has 0 spiro atoms. The monoisotopic (exact) mass is 274 g/mol. The zero-order chi connectivity index (χ0) is 14.1. The molecule has 0 saturated heterocycles. The van der Waals surface area contributed by atoms with Crippen LogP contribution < -0.4 is 9.47 Å². The van der Waals surface area contributed by atoms with E-state index in [0.29, 0.717) is 12.3 Å². The Morgan fingerprint density at radius 2 is 2.20 bits per heavy atom. The summed E-state index contributed by atoms with van der Waals surface area (Å²) in [5, 5.41) is 8.73. The molecule has 1 aromatic heterocycles. The highest BCUT2D eigenvalue weighted by atomic mass is 16.7. The first-order valence-corrected chi connectivity index (χ1v) is 6.29. The summed E-state index contributed by atoms with van der Waals surface area (Å²) >= 11 is 0. The zero-order valence-electron chi connectivity index (χ0n) is 11.0. The number of ether oxygens (including phenoxy) is 2. The van der Waals surface area contributed by atoms with Crippen LogP contribution in [0, 0.1) is 6.92 Å². The number of carboxylic acids is 1. The Morgan fingerprint density at radius 3 is 3.00 bits per heavy atom. The summed E-state index contributed by atoms with van der Waals surface area (Å²) in [6.45, 7) is 2.52. The molecular formula is C14H14N2O4. The molecule has 0 bridgehead atoms. The SMILES string of the molecule is Cc1nc(-c2ccc3c(c2)OCO3)cn1CCC(=O)O. The quantitative estimate of drug-likeness (QED) is 0.923. The molecule has 1 aromatic carbocycles. The van der Waals surface area contributed by atoms with Crippen LogP contribution in [0.5, 0.6) is 11.5 Å². The van der Waals surface area contributed by atoms with Gasteiger partial charge in [0.2, 0.25) is 6.79 Å². The Morgan fingerprint density at radius 1 is 1.40 bits per heavy atom. The second kappa shape index (κ2) is 4.88. The largest absolute Gasteiger partial charge is 0.481 e. The van der Waals surface area contributed by atoms with E-state index in [2.05, 4.69) is 4.98 Å². The van der Waals surface area contributed by atoms with E-state index in [-0.39, 0.29) is 13.2 Å². The number of aliphatic carboxylic acids is 1. The number of hydrogen-bond acceptors (Lipinski definition) is 4. The number of rotatable bonds is 4. The fourth-order valence-electron chi connectivity index (χ4n) is 2.15. The number of benzene rings is 1. The Labute approximate surface area is 115 Å². The number of carboxylic acid groups (broad SMARTS) is 1. The minimum absolute atomic E-state index is 0.0811. The van der Waals surface area contributed by atoms with Gasteiger partial charge in [0, 0.05) is 18.3 Å². The number of carbonyl (C=O) groups is 1. The highest BCUT2D eigenvalue weighted by molar-refractivity contribution is 5.67. The molecule has 1 N–H and O–H groups in total. The van der Waals surface area contributed by atoms with Crippen LogP contribution in [0.4, 0.5) is 0 Å². The van der Waals surface area contributed by atoms with Gasteiger partial charge in [0.05, 0.1) is 12.1 Å². The summed E-state index contributed by atoms with van der Waals surface area (Å²) in [6, 6.07) is 5.64. The molecule has 0 unspecified atom stereocenters. The molecule has 1 aliphatic heterocycles. The number of hydrogen-bond donors (Lipinski definition) is 1. The average Bonchev–Trinajstić information content (AvgIpc) is 3.01. The van der Waals surface area contributed by atoms with E-state index in [1.165, 1.54) is 0 Å². The molecule has 2 aromatic rings. The van der Waals surface area contributed by atoms with Gasteiger partial charge in [-0.05, 0) is 25.1 Å². The molecule has 6 heteroatoms. The normalized spacial score (nSPS) is 12.7. The van der Waals surface area contributed by atoms with Gasteiger partial charge in [-0.25, -0.2) is 4.98 Å². The highest BCUT2D eigenvalue weighted by Gasteiger charge is 2.15. The highest BCUT2D eigenvalue weighted by Crippen LogP contribution is 2.35. The number of imidazole rings is 1. The van der Waals surface area contributed by atoms with Crippen LogP contribution in [0.2, 0.25) is 0 Å².